The van der Waals surface area contributed by atoms with Gasteiger partial charge in [0.1, 0.15) is 0 Å². The maximum Gasteiger partial charge on any atom is 0.255 e. The summed E-state index contributed by atoms with van der Waals surface area (Å²) in [6.45, 7) is 12.7. The van der Waals surface area contributed by atoms with Gasteiger partial charge in [-0.05, 0) is 87.7 Å². The van der Waals surface area contributed by atoms with Crippen molar-refractivity contribution in [2.24, 2.45) is 5.92 Å². The highest BCUT2D eigenvalue weighted by atomic mass is 32.1. The zero-order chi connectivity index (χ0) is 26.1. The van der Waals surface area contributed by atoms with Crippen LogP contribution in [-0.4, -0.2) is 40.3 Å². The standard InChI is InChI=1S/C31H39N3O2S/c1-5-25(24-11-14-33(15-12-24)18-23-9-7-6-8-10-23)29-22(4)28-27(37-29)13-16-34(31(28)36)19-26-20(2)17-21(3)32-30(26)35/h6-10,17,24-25H,5,11-16,18-19H2,1-4H3,(H,32,35). The van der Waals surface area contributed by atoms with Crippen LogP contribution in [0.4, 0.5) is 0 Å². The van der Waals surface area contributed by atoms with Gasteiger partial charge in [0, 0.05) is 40.5 Å². The summed E-state index contributed by atoms with van der Waals surface area (Å²) in [6.07, 6.45) is 4.41. The minimum absolute atomic E-state index is 0.0801. The maximum absolute atomic E-state index is 13.7. The van der Waals surface area contributed by atoms with Gasteiger partial charge in [-0.25, -0.2) is 0 Å². The lowest BCUT2D eigenvalue weighted by Gasteiger charge is -2.36. The number of nitrogens with one attached hydrogen (secondary N) is 1. The zero-order valence-electron chi connectivity index (χ0n) is 22.6. The zero-order valence-corrected chi connectivity index (χ0v) is 23.4. The van der Waals surface area contributed by atoms with Gasteiger partial charge in [-0.3, -0.25) is 14.5 Å². The van der Waals surface area contributed by atoms with Gasteiger partial charge in [-0.15, -0.1) is 11.3 Å². The van der Waals surface area contributed by atoms with Gasteiger partial charge in [0.05, 0.1) is 12.1 Å². The Balaban J connectivity index is 1.30. The van der Waals surface area contributed by atoms with E-state index in [4.69, 9.17) is 0 Å². The van der Waals surface area contributed by atoms with Crippen molar-refractivity contribution in [3.63, 3.8) is 0 Å². The van der Waals surface area contributed by atoms with Gasteiger partial charge in [0.15, 0.2) is 0 Å². The average molecular weight is 518 g/mol. The molecule has 1 N–H and O–H groups in total. The summed E-state index contributed by atoms with van der Waals surface area (Å²) in [5.74, 6) is 1.27. The van der Waals surface area contributed by atoms with Gasteiger partial charge in [-0.1, -0.05) is 37.3 Å². The molecule has 5 nitrogen and oxygen atoms in total. The first-order valence-electron chi connectivity index (χ1n) is 13.7. The van der Waals surface area contributed by atoms with Crippen LogP contribution in [0.2, 0.25) is 0 Å². The third kappa shape index (κ3) is 5.32. The van der Waals surface area contributed by atoms with E-state index in [2.05, 4.69) is 54.1 Å². The van der Waals surface area contributed by atoms with Gasteiger partial charge in [0.25, 0.3) is 11.5 Å². The van der Waals surface area contributed by atoms with E-state index >= 15 is 0 Å². The number of aromatic amines is 1. The Morgan fingerprint density at radius 3 is 2.43 bits per heavy atom. The third-order valence-electron chi connectivity index (χ3n) is 8.44. The fraction of sp³-hybridized carbons (Fsp3) is 0.484. The Kier molecular flexibility index (Phi) is 7.68. The molecule has 6 heteroatoms. The van der Waals surface area contributed by atoms with Crippen LogP contribution in [0, 0.1) is 26.7 Å². The van der Waals surface area contributed by atoms with E-state index < -0.39 is 0 Å². The highest BCUT2D eigenvalue weighted by molar-refractivity contribution is 7.12. The average Bonchev–Trinajstić information content (AvgIpc) is 3.21. The summed E-state index contributed by atoms with van der Waals surface area (Å²) < 4.78 is 0. The number of carbonyl (C=O) groups excluding carboxylic acids is 1. The molecule has 1 saturated heterocycles. The molecule has 3 aromatic rings. The van der Waals surface area contributed by atoms with Crippen LogP contribution in [0.3, 0.4) is 0 Å². The first-order valence-corrected chi connectivity index (χ1v) is 14.5. The summed E-state index contributed by atoms with van der Waals surface area (Å²) in [5.41, 5.74) is 5.91. The van der Waals surface area contributed by atoms with Crippen LogP contribution in [0.5, 0.6) is 0 Å². The molecular weight excluding hydrogens is 478 g/mol. The molecule has 0 aliphatic carbocycles. The van der Waals surface area contributed by atoms with Crippen LogP contribution in [-0.2, 0) is 19.5 Å². The Morgan fingerprint density at radius 1 is 1.03 bits per heavy atom. The van der Waals surface area contributed by atoms with Crippen LogP contribution in [0.15, 0.2) is 41.2 Å². The van der Waals surface area contributed by atoms with Gasteiger partial charge >= 0.3 is 0 Å². The summed E-state index contributed by atoms with van der Waals surface area (Å²) in [7, 11) is 0. The second kappa shape index (κ2) is 11.0. The molecule has 0 saturated carbocycles. The number of piperidine rings is 1. The number of hydrogen-bond donors (Lipinski definition) is 1. The largest absolute Gasteiger partial charge is 0.334 e. The van der Waals surface area contributed by atoms with Crippen molar-refractivity contribution in [3.05, 3.63) is 90.0 Å². The molecule has 37 heavy (non-hydrogen) atoms. The fourth-order valence-corrected chi connectivity index (χ4v) is 7.97. The Morgan fingerprint density at radius 2 is 1.76 bits per heavy atom. The predicted molar refractivity (Wildman–Crippen MR) is 152 cm³/mol. The minimum atomic E-state index is -0.0801. The molecule has 1 aromatic carbocycles. The van der Waals surface area contributed by atoms with Crippen molar-refractivity contribution in [3.8, 4) is 0 Å². The van der Waals surface area contributed by atoms with E-state index in [9.17, 15) is 9.59 Å². The van der Waals surface area contributed by atoms with E-state index in [-0.39, 0.29) is 11.5 Å². The first kappa shape index (κ1) is 25.9. The lowest BCUT2D eigenvalue weighted by Crippen LogP contribution is -2.38. The predicted octanol–water partition coefficient (Wildman–Crippen LogP) is 5.97. The molecule has 5 rings (SSSR count). The van der Waals surface area contributed by atoms with Crippen LogP contribution >= 0.6 is 11.3 Å². The normalized spacial score (nSPS) is 17.7. The van der Waals surface area contributed by atoms with Crippen molar-refractivity contribution < 1.29 is 4.79 Å². The number of aryl methyl sites for hydroxylation is 2. The number of nitrogens with zero attached hydrogens (tertiary/aromatic N) is 2. The lowest BCUT2D eigenvalue weighted by atomic mass is 9.80. The monoisotopic (exact) mass is 517 g/mol. The number of hydrogen-bond acceptors (Lipinski definition) is 4. The number of carbonyl (C=O) groups is 1. The SMILES string of the molecule is CCC(c1sc2c(c1C)C(=O)N(Cc1c(C)cc(C)[nH]c1=O)CC2)C1CCN(Cc2ccccc2)CC1. The quantitative estimate of drug-likeness (QED) is 0.420. The second-order valence-electron chi connectivity index (χ2n) is 10.9. The molecule has 0 radical (unpaired) electrons. The fourth-order valence-electron chi connectivity index (χ4n) is 6.41. The molecule has 4 heterocycles. The molecule has 1 amide bonds. The summed E-state index contributed by atoms with van der Waals surface area (Å²) in [5, 5.41) is 0. The Hall–Kier alpha value is -2.70. The minimum Gasteiger partial charge on any atom is -0.334 e. The van der Waals surface area contributed by atoms with E-state index in [0.29, 0.717) is 30.5 Å². The molecule has 2 aliphatic rings. The van der Waals surface area contributed by atoms with Crippen LogP contribution in [0.1, 0.15) is 80.2 Å². The van der Waals surface area contributed by atoms with Crippen molar-refractivity contribution >= 4 is 17.2 Å². The number of amides is 1. The topological polar surface area (TPSA) is 56.4 Å². The number of benzene rings is 1. The van der Waals surface area contributed by atoms with Gasteiger partial charge < -0.3 is 9.88 Å². The molecule has 1 fully saturated rings. The number of rotatable bonds is 7. The molecule has 0 bridgehead atoms. The molecule has 2 aliphatic heterocycles. The molecular formula is C31H39N3O2S. The highest BCUT2D eigenvalue weighted by Crippen LogP contribution is 2.44. The van der Waals surface area contributed by atoms with Gasteiger partial charge in [-0.2, -0.15) is 0 Å². The van der Waals surface area contributed by atoms with E-state index in [1.165, 1.54) is 33.7 Å². The van der Waals surface area contributed by atoms with E-state index in [1.807, 2.05) is 36.2 Å². The molecule has 1 unspecified atom stereocenters. The molecule has 1 atom stereocenters. The van der Waals surface area contributed by atoms with Crippen molar-refractivity contribution in [1.82, 2.24) is 14.8 Å². The second-order valence-corrected chi connectivity index (χ2v) is 12.1. The summed E-state index contributed by atoms with van der Waals surface area (Å²) >= 11 is 1.88. The lowest BCUT2D eigenvalue weighted by molar-refractivity contribution is 0.0727. The molecule has 0 spiro atoms. The number of pyridine rings is 1. The number of thiophene rings is 1. The summed E-state index contributed by atoms with van der Waals surface area (Å²) in [6, 6.07) is 12.8. The first-order chi connectivity index (χ1) is 17.9. The Labute approximate surface area is 224 Å². The van der Waals surface area contributed by atoms with E-state index in [0.717, 1.165) is 49.3 Å². The van der Waals surface area contributed by atoms with E-state index in [1.54, 1.807) is 0 Å². The summed E-state index contributed by atoms with van der Waals surface area (Å²) in [4.78, 5) is 36.3. The van der Waals surface area contributed by atoms with Crippen molar-refractivity contribution in [2.45, 2.75) is 72.4 Å². The number of likely N-dealkylation sites (tertiary alicyclic amines) is 1. The number of fused-ring (bicyclic) bond motifs is 1. The molecule has 2 aromatic heterocycles. The van der Waals surface area contributed by atoms with Crippen molar-refractivity contribution in [2.75, 3.05) is 19.6 Å². The number of aromatic nitrogens is 1. The third-order valence-corrected chi connectivity index (χ3v) is 9.92. The molecule has 196 valence electrons. The van der Waals surface area contributed by atoms with Crippen molar-refractivity contribution in [1.29, 1.82) is 0 Å². The van der Waals surface area contributed by atoms with Gasteiger partial charge in [0.2, 0.25) is 0 Å². The maximum atomic E-state index is 13.7. The Bertz CT molecular complexity index is 1320. The highest BCUT2D eigenvalue weighted by Gasteiger charge is 2.35. The van der Waals surface area contributed by atoms with Crippen LogP contribution < -0.4 is 5.56 Å². The van der Waals surface area contributed by atoms with Crippen LogP contribution in [0.25, 0.3) is 0 Å². The number of H-pyrrole nitrogens is 1. The smallest absolute Gasteiger partial charge is 0.255 e.